The number of carbonyl (C=O) groups is 1. The summed E-state index contributed by atoms with van der Waals surface area (Å²) in [5.41, 5.74) is 0. The Morgan fingerprint density at radius 2 is 2.16 bits per heavy atom. The van der Waals surface area contributed by atoms with Gasteiger partial charge < -0.3 is 20.4 Å². The molecule has 0 aromatic carbocycles. The third-order valence-corrected chi connectivity index (χ3v) is 3.97. The van der Waals surface area contributed by atoms with Crippen molar-refractivity contribution in [1.29, 1.82) is 0 Å². The van der Waals surface area contributed by atoms with E-state index in [2.05, 4.69) is 29.4 Å². The Hall–Kier alpha value is -0.810. The van der Waals surface area contributed by atoms with Gasteiger partial charge in [-0.3, -0.25) is 0 Å². The predicted octanol–water partition coefficient (Wildman–Crippen LogP) is 0.968. The second-order valence-corrected chi connectivity index (χ2v) is 5.66. The van der Waals surface area contributed by atoms with Crippen LogP contribution in [0.5, 0.6) is 0 Å². The minimum absolute atomic E-state index is 0.0238. The van der Waals surface area contributed by atoms with Gasteiger partial charge in [-0.2, -0.15) is 0 Å². The monoisotopic (exact) mass is 270 g/mol. The molecule has 1 saturated heterocycles. The zero-order valence-electron chi connectivity index (χ0n) is 12.9. The van der Waals surface area contributed by atoms with Gasteiger partial charge in [-0.05, 0) is 38.8 Å². The van der Waals surface area contributed by atoms with Gasteiger partial charge in [0.2, 0.25) is 0 Å². The summed E-state index contributed by atoms with van der Waals surface area (Å²) >= 11 is 0. The average Bonchev–Trinajstić information content (AvgIpc) is 2.42. The lowest BCUT2D eigenvalue weighted by molar-refractivity contribution is 0.157. The first kappa shape index (κ1) is 16.2. The summed E-state index contributed by atoms with van der Waals surface area (Å²) in [5.74, 6) is 0.734. The van der Waals surface area contributed by atoms with Crippen LogP contribution in [0.15, 0.2) is 0 Å². The summed E-state index contributed by atoms with van der Waals surface area (Å²) < 4.78 is 0. The van der Waals surface area contributed by atoms with Crippen LogP contribution in [0.2, 0.25) is 0 Å². The molecule has 112 valence electrons. The molecule has 0 radical (unpaired) electrons. The van der Waals surface area contributed by atoms with Crippen molar-refractivity contribution in [3.8, 4) is 0 Å². The molecule has 19 heavy (non-hydrogen) atoms. The number of rotatable bonds is 6. The minimum Gasteiger partial charge on any atom is -0.337 e. The van der Waals surface area contributed by atoms with E-state index in [0.717, 1.165) is 19.0 Å². The van der Waals surface area contributed by atoms with Crippen molar-refractivity contribution in [2.75, 3.05) is 46.8 Å². The fourth-order valence-corrected chi connectivity index (χ4v) is 2.58. The van der Waals surface area contributed by atoms with Crippen LogP contribution in [-0.4, -0.2) is 68.7 Å². The Balaban J connectivity index is 2.16. The van der Waals surface area contributed by atoms with Crippen molar-refractivity contribution in [1.82, 2.24) is 20.4 Å². The third-order valence-electron chi connectivity index (χ3n) is 3.97. The van der Waals surface area contributed by atoms with Gasteiger partial charge in [0.1, 0.15) is 0 Å². The number of amides is 2. The number of nitrogens with zero attached hydrogens (tertiary/aromatic N) is 2. The Kier molecular flexibility index (Phi) is 7.16. The standard InChI is InChI=1S/C14H30N4O/c1-5-18-10-6-7-13(11-18)12(2)15-8-9-16-14(19)17(3)4/h12-13,15H,5-11H2,1-4H3,(H,16,19). The van der Waals surface area contributed by atoms with Gasteiger partial charge in [-0.25, -0.2) is 4.79 Å². The van der Waals surface area contributed by atoms with Crippen molar-refractivity contribution < 1.29 is 4.79 Å². The number of nitrogens with one attached hydrogen (secondary N) is 2. The summed E-state index contributed by atoms with van der Waals surface area (Å²) in [6, 6.07) is 0.495. The van der Waals surface area contributed by atoms with E-state index in [9.17, 15) is 4.79 Å². The van der Waals surface area contributed by atoms with E-state index in [4.69, 9.17) is 0 Å². The average molecular weight is 270 g/mol. The fraction of sp³-hybridized carbons (Fsp3) is 0.929. The molecule has 0 saturated carbocycles. The van der Waals surface area contributed by atoms with E-state index in [-0.39, 0.29) is 6.03 Å². The van der Waals surface area contributed by atoms with Crippen LogP contribution < -0.4 is 10.6 Å². The SMILES string of the molecule is CCN1CCCC(C(C)NCCNC(=O)N(C)C)C1. The second kappa shape index (κ2) is 8.38. The van der Waals surface area contributed by atoms with Gasteiger partial charge in [0.15, 0.2) is 0 Å². The second-order valence-electron chi connectivity index (χ2n) is 5.66. The van der Waals surface area contributed by atoms with Gasteiger partial charge in [0.25, 0.3) is 0 Å². The fourth-order valence-electron chi connectivity index (χ4n) is 2.58. The molecular weight excluding hydrogens is 240 g/mol. The van der Waals surface area contributed by atoms with Crippen LogP contribution in [0.3, 0.4) is 0 Å². The molecule has 2 unspecified atom stereocenters. The maximum atomic E-state index is 11.4. The van der Waals surface area contributed by atoms with Gasteiger partial charge in [0.05, 0.1) is 0 Å². The molecule has 0 aromatic rings. The molecule has 5 heteroatoms. The highest BCUT2D eigenvalue weighted by Crippen LogP contribution is 2.19. The summed E-state index contributed by atoms with van der Waals surface area (Å²) in [6.07, 6.45) is 2.62. The first-order chi connectivity index (χ1) is 9.04. The van der Waals surface area contributed by atoms with Crippen LogP contribution >= 0.6 is 0 Å². The summed E-state index contributed by atoms with van der Waals surface area (Å²) in [4.78, 5) is 15.4. The molecule has 1 rings (SSSR count). The van der Waals surface area contributed by atoms with Gasteiger partial charge in [-0.1, -0.05) is 6.92 Å². The van der Waals surface area contributed by atoms with Crippen LogP contribution in [0.4, 0.5) is 4.79 Å². The molecule has 0 aromatic heterocycles. The van der Waals surface area contributed by atoms with Gasteiger partial charge in [-0.15, -0.1) is 0 Å². The van der Waals surface area contributed by atoms with E-state index >= 15 is 0 Å². The first-order valence-corrected chi connectivity index (χ1v) is 7.45. The van der Waals surface area contributed by atoms with E-state index in [1.807, 2.05) is 0 Å². The smallest absolute Gasteiger partial charge is 0.316 e. The number of carbonyl (C=O) groups excluding carboxylic acids is 1. The molecule has 1 aliphatic heterocycles. The summed E-state index contributed by atoms with van der Waals surface area (Å²) in [7, 11) is 3.51. The lowest BCUT2D eigenvalue weighted by Gasteiger charge is -2.35. The van der Waals surface area contributed by atoms with Crippen LogP contribution in [0.25, 0.3) is 0 Å². The molecule has 2 N–H and O–H groups in total. The zero-order valence-corrected chi connectivity index (χ0v) is 12.9. The van der Waals surface area contributed by atoms with Crippen LogP contribution in [0, 0.1) is 5.92 Å². The summed E-state index contributed by atoms with van der Waals surface area (Å²) in [6.45, 7) is 9.62. The van der Waals surface area contributed by atoms with E-state index in [1.54, 1.807) is 19.0 Å². The Morgan fingerprint density at radius 3 is 2.79 bits per heavy atom. The highest BCUT2D eigenvalue weighted by Gasteiger charge is 2.23. The largest absolute Gasteiger partial charge is 0.337 e. The maximum Gasteiger partial charge on any atom is 0.316 e. The lowest BCUT2D eigenvalue weighted by Crippen LogP contribution is -2.46. The molecule has 0 aliphatic carbocycles. The molecular formula is C14H30N4O. The molecule has 2 atom stereocenters. The molecule has 5 nitrogen and oxygen atoms in total. The molecule has 1 heterocycles. The van der Waals surface area contributed by atoms with Crippen molar-refractivity contribution >= 4 is 6.03 Å². The topological polar surface area (TPSA) is 47.6 Å². The Morgan fingerprint density at radius 1 is 1.42 bits per heavy atom. The van der Waals surface area contributed by atoms with Crippen LogP contribution in [0.1, 0.15) is 26.7 Å². The van der Waals surface area contributed by atoms with Crippen molar-refractivity contribution in [2.45, 2.75) is 32.7 Å². The van der Waals surface area contributed by atoms with Crippen LogP contribution in [-0.2, 0) is 0 Å². The molecule has 1 fully saturated rings. The number of hydrogen-bond donors (Lipinski definition) is 2. The Labute approximate surface area is 117 Å². The number of hydrogen-bond acceptors (Lipinski definition) is 3. The molecule has 0 spiro atoms. The number of likely N-dealkylation sites (tertiary alicyclic amines) is 1. The zero-order chi connectivity index (χ0) is 14.3. The van der Waals surface area contributed by atoms with Gasteiger partial charge in [0, 0.05) is 39.8 Å². The van der Waals surface area contributed by atoms with E-state index < -0.39 is 0 Å². The minimum atomic E-state index is -0.0238. The Bertz CT molecular complexity index is 270. The highest BCUT2D eigenvalue weighted by molar-refractivity contribution is 5.73. The highest BCUT2D eigenvalue weighted by atomic mass is 16.2. The molecule has 2 amide bonds. The third kappa shape index (κ3) is 5.78. The number of urea groups is 1. The maximum absolute atomic E-state index is 11.4. The van der Waals surface area contributed by atoms with Crippen molar-refractivity contribution in [2.24, 2.45) is 5.92 Å². The molecule has 1 aliphatic rings. The van der Waals surface area contributed by atoms with Crippen molar-refractivity contribution in [3.63, 3.8) is 0 Å². The molecule has 0 bridgehead atoms. The lowest BCUT2D eigenvalue weighted by atomic mass is 9.91. The van der Waals surface area contributed by atoms with E-state index in [1.165, 1.54) is 25.9 Å². The first-order valence-electron chi connectivity index (χ1n) is 7.45. The quantitative estimate of drug-likeness (QED) is 0.707. The summed E-state index contributed by atoms with van der Waals surface area (Å²) in [5, 5.41) is 6.41. The van der Waals surface area contributed by atoms with Gasteiger partial charge >= 0.3 is 6.03 Å². The normalized spacial score (nSPS) is 22.0. The van der Waals surface area contributed by atoms with Crippen molar-refractivity contribution in [3.05, 3.63) is 0 Å². The predicted molar refractivity (Wildman–Crippen MR) is 79.4 cm³/mol. The van der Waals surface area contributed by atoms with E-state index in [0.29, 0.717) is 12.6 Å². The number of piperidine rings is 1.